The molecule has 2 atom stereocenters. The SMILES string of the molecule is Cc1ccsc1[C@H](C)NCCOC[C@H]1CCCO1. The molecule has 18 heavy (non-hydrogen) atoms. The largest absolute Gasteiger partial charge is 0.377 e. The van der Waals surface area contributed by atoms with Gasteiger partial charge in [-0.05, 0) is 43.7 Å². The van der Waals surface area contributed by atoms with Crippen LogP contribution in [0.4, 0.5) is 0 Å². The second kappa shape index (κ2) is 7.24. The predicted octanol–water partition coefficient (Wildman–Crippen LogP) is 2.90. The topological polar surface area (TPSA) is 30.5 Å². The van der Waals surface area contributed by atoms with Gasteiger partial charge in [0.15, 0.2) is 0 Å². The Morgan fingerprint density at radius 3 is 3.17 bits per heavy atom. The molecule has 1 N–H and O–H groups in total. The molecule has 0 unspecified atom stereocenters. The third-order valence-corrected chi connectivity index (χ3v) is 4.52. The molecule has 1 saturated heterocycles. The Bertz CT molecular complexity index is 347. The Morgan fingerprint density at radius 1 is 1.61 bits per heavy atom. The zero-order valence-corrected chi connectivity index (χ0v) is 12.1. The van der Waals surface area contributed by atoms with Crippen LogP contribution in [0.3, 0.4) is 0 Å². The molecule has 1 aromatic heterocycles. The zero-order valence-electron chi connectivity index (χ0n) is 11.3. The minimum Gasteiger partial charge on any atom is -0.377 e. The zero-order chi connectivity index (χ0) is 12.8. The van der Waals surface area contributed by atoms with Crippen molar-refractivity contribution in [1.82, 2.24) is 5.32 Å². The van der Waals surface area contributed by atoms with Crippen molar-refractivity contribution in [1.29, 1.82) is 0 Å². The maximum atomic E-state index is 5.63. The van der Waals surface area contributed by atoms with Crippen LogP contribution >= 0.6 is 11.3 Å². The van der Waals surface area contributed by atoms with Crippen LogP contribution in [0.15, 0.2) is 11.4 Å². The van der Waals surface area contributed by atoms with E-state index in [2.05, 4.69) is 30.6 Å². The molecule has 0 amide bonds. The second-order valence-electron chi connectivity index (χ2n) is 4.85. The van der Waals surface area contributed by atoms with Gasteiger partial charge in [-0.25, -0.2) is 0 Å². The minimum absolute atomic E-state index is 0.335. The fraction of sp³-hybridized carbons (Fsp3) is 0.714. The summed E-state index contributed by atoms with van der Waals surface area (Å²) in [6, 6.07) is 2.59. The van der Waals surface area contributed by atoms with Gasteiger partial charge in [-0.2, -0.15) is 0 Å². The molecule has 4 heteroatoms. The number of nitrogens with one attached hydrogen (secondary N) is 1. The lowest BCUT2D eigenvalue weighted by atomic mass is 10.2. The lowest BCUT2D eigenvalue weighted by Crippen LogP contribution is -2.25. The number of rotatable bonds is 7. The molecule has 1 aromatic rings. The van der Waals surface area contributed by atoms with Crippen LogP contribution in [0.25, 0.3) is 0 Å². The first-order valence-electron chi connectivity index (χ1n) is 6.74. The van der Waals surface area contributed by atoms with Crippen LogP contribution in [0.5, 0.6) is 0 Å². The van der Waals surface area contributed by atoms with E-state index in [0.717, 1.165) is 32.8 Å². The quantitative estimate of drug-likeness (QED) is 0.772. The highest BCUT2D eigenvalue weighted by atomic mass is 32.1. The van der Waals surface area contributed by atoms with Crippen molar-refractivity contribution in [3.63, 3.8) is 0 Å². The molecule has 0 bridgehead atoms. The summed E-state index contributed by atoms with van der Waals surface area (Å²) < 4.78 is 11.1. The summed E-state index contributed by atoms with van der Waals surface area (Å²) in [6.45, 7) is 7.67. The Kier molecular flexibility index (Phi) is 5.63. The van der Waals surface area contributed by atoms with Crippen LogP contribution in [-0.2, 0) is 9.47 Å². The van der Waals surface area contributed by atoms with Crippen molar-refractivity contribution in [3.8, 4) is 0 Å². The maximum absolute atomic E-state index is 5.63. The van der Waals surface area contributed by atoms with Crippen LogP contribution < -0.4 is 5.32 Å². The third-order valence-electron chi connectivity index (χ3n) is 3.32. The van der Waals surface area contributed by atoms with E-state index in [-0.39, 0.29) is 0 Å². The van der Waals surface area contributed by atoms with Crippen molar-refractivity contribution in [2.75, 3.05) is 26.4 Å². The van der Waals surface area contributed by atoms with Gasteiger partial charge in [-0.1, -0.05) is 0 Å². The number of ether oxygens (including phenoxy) is 2. The predicted molar refractivity (Wildman–Crippen MR) is 75.3 cm³/mol. The molecule has 0 aromatic carbocycles. The summed E-state index contributed by atoms with van der Waals surface area (Å²) in [7, 11) is 0. The second-order valence-corrected chi connectivity index (χ2v) is 5.80. The van der Waals surface area contributed by atoms with Crippen LogP contribution in [-0.4, -0.2) is 32.5 Å². The lowest BCUT2D eigenvalue weighted by molar-refractivity contribution is 0.0179. The minimum atomic E-state index is 0.335. The van der Waals surface area contributed by atoms with Gasteiger partial charge < -0.3 is 14.8 Å². The first-order chi connectivity index (χ1) is 8.77. The molecule has 0 radical (unpaired) electrons. The summed E-state index contributed by atoms with van der Waals surface area (Å²) in [5.41, 5.74) is 1.38. The standard InChI is InChI=1S/C14H23NO2S/c1-11-5-9-18-14(11)12(2)15-6-8-16-10-13-4-3-7-17-13/h5,9,12-13,15H,3-4,6-8,10H2,1-2H3/t12-,13+/m0/s1. The van der Waals surface area contributed by atoms with Gasteiger partial charge in [0.25, 0.3) is 0 Å². The van der Waals surface area contributed by atoms with Crippen LogP contribution in [0, 0.1) is 6.92 Å². The van der Waals surface area contributed by atoms with E-state index >= 15 is 0 Å². The molecule has 1 aliphatic heterocycles. The van der Waals surface area contributed by atoms with E-state index in [1.807, 2.05) is 11.3 Å². The summed E-state index contributed by atoms with van der Waals surface area (Å²) >= 11 is 1.82. The number of aryl methyl sites for hydroxylation is 1. The van der Waals surface area contributed by atoms with Gasteiger partial charge in [0, 0.05) is 24.1 Å². The molecule has 2 rings (SSSR count). The average Bonchev–Trinajstić information content (AvgIpc) is 2.99. The monoisotopic (exact) mass is 269 g/mol. The highest BCUT2D eigenvalue weighted by Gasteiger charge is 2.15. The fourth-order valence-electron chi connectivity index (χ4n) is 2.26. The van der Waals surface area contributed by atoms with Crippen LogP contribution in [0.1, 0.15) is 36.2 Å². The van der Waals surface area contributed by atoms with E-state index in [1.54, 1.807) is 0 Å². The fourth-order valence-corrected chi connectivity index (χ4v) is 3.22. The molecule has 102 valence electrons. The molecule has 0 saturated carbocycles. The highest BCUT2D eigenvalue weighted by molar-refractivity contribution is 7.10. The van der Waals surface area contributed by atoms with Crippen molar-refractivity contribution in [2.45, 2.75) is 38.8 Å². The summed E-state index contributed by atoms with van der Waals surface area (Å²) in [5, 5.41) is 5.65. The van der Waals surface area contributed by atoms with Crippen LogP contribution in [0.2, 0.25) is 0 Å². The molecule has 2 heterocycles. The number of hydrogen-bond acceptors (Lipinski definition) is 4. The van der Waals surface area contributed by atoms with Gasteiger partial charge in [0.05, 0.1) is 19.3 Å². The molecule has 0 spiro atoms. The molecular formula is C14H23NO2S. The lowest BCUT2D eigenvalue weighted by Gasteiger charge is -2.14. The summed E-state index contributed by atoms with van der Waals surface area (Å²) in [5.74, 6) is 0. The van der Waals surface area contributed by atoms with Gasteiger partial charge >= 0.3 is 0 Å². The summed E-state index contributed by atoms with van der Waals surface area (Å²) in [6.07, 6.45) is 2.67. The van der Waals surface area contributed by atoms with Crippen molar-refractivity contribution < 1.29 is 9.47 Å². The van der Waals surface area contributed by atoms with Gasteiger partial charge in [0.1, 0.15) is 0 Å². The smallest absolute Gasteiger partial charge is 0.0809 e. The van der Waals surface area contributed by atoms with E-state index < -0.39 is 0 Å². The Morgan fingerprint density at radius 2 is 2.50 bits per heavy atom. The van der Waals surface area contributed by atoms with E-state index in [4.69, 9.17) is 9.47 Å². The Hall–Kier alpha value is -0.420. The van der Waals surface area contributed by atoms with E-state index in [1.165, 1.54) is 16.9 Å². The normalized spacial score (nSPS) is 21.3. The highest BCUT2D eigenvalue weighted by Crippen LogP contribution is 2.23. The van der Waals surface area contributed by atoms with E-state index in [9.17, 15) is 0 Å². The molecule has 1 aliphatic rings. The molecule has 3 nitrogen and oxygen atoms in total. The van der Waals surface area contributed by atoms with Gasteiger partial charge in [-0.15, -0.1) is 11.3 Å². The van der Waals surface area contributed by atoms with Gasteiger partial charge in [0.2, 0.25) is 0 Å². The first-order valence-corrected chi connectivity index (χ1v) is 7.62. The molecule has 0 aliphatic carbocycles. The van der Waals surface area contributed by atoms with Crippen molar-refractivity contribution in [2.24, 2.45) is 0 Å². The van der Waals surface area contributed by atoms with Gasteiger partial charge in [-0.3, -0.25) is 0 Å². The van der Waals surface area contributed by atoms with E-state index in [0.29, 0.717) is 12.1 Å². The first kappa shape index (κ1) is 14.0. The molecule has 1 fully saturated rings. The maximum Gasteiger partial charge on any atom is 0.0809 e. The van der Waals surface area contributed by atoms with Crippen molar-refractivity contribution in [3.05, 3.63) is 21.9 Å². The molecular weight excluding hydrogens is 246 g/mol. The number of thiophene rings is 1. The Labute approximate surface area is 113 Å². The Balaban J connectivity index is 1.56. The third kappa shape index (κ3) is 4.05. The summed E-state index contributed by atoms with van der Waals surface area (Å²) in [4.78, 5) is 1.43. The number of hydrogen-bond donors (Lipinski definition) is 1. The average molecular weight is 269 g/mol. The van der Waals surface area contributed by atoms with Crippen molar-refractivity contribution >= 4 is 11.3 Å².